The number of nitrogens with one attached hydrogen (secondary N) is 1. The van der Waals surface area contributed by atoms with Crippen LogP contribution in [0.15, 0.2) is 6.07 Å². The van der Waals surface area contributed by atoms with Gasteiger partial charge in [-0.15, -0.1) is 0 Å². The van der Waals surface area contributed by atoms with E-state index < -0.39 is 5.54 Å². The number of carbonyl (C=O) groups excluding carboxylic acids is 1. The van der Waals surface area contributed by atoms with Crippen molar-refractivity contribution in [1.82, 2.24) is 15.1 Å². The van der Waals surface area contributed by atoms with E-state index in [1.54, 1.807) is 24.6 Å². The van der Waals surface area contributed by atoms with Crippen molar-refractivity contribution in [3.05, 3.63) is 17.5 Å². The molecule has 0 aromatic carbocycles. The van der Waals surface area contributed by atoms with Gasteiger partial charge in [0, 0.05) is 0 Å². The number of aromatic nitrogens is 2. The van der Waals surface area contributed by atoms with Crippen LogP contribution in [0.25, 0.3) is 0 Å². The maximum atomic E-state index is 12.3. The molecule has 108 valence electrons. The largest absolute Gasteiger partial charge is 0.394 e. The van der Waals surface area contributed by atoms with Gasteiger partial charge in [-0.25, -0.2) is 0 Å². The molecule has 0 atom stereocenters. The van der Waals surface area contributed by atoms with Crippen molar-refractivity contribution in [3.8, 4) is 0 Å². The molecule has 0 fully saturated rings. The number of amides is 1. The van der Waals surface area contributed by atoms with Gasteiger partial charge in [0.25, 0.3) is 5.91 Å². The third-order valence-electron chi connectivity index (χ3n) is 3.23. The molecule has 1 amide bonds. The zero-order chi connectivity index (χ0) is 14.6. The molecular weight excluding hydrogens is 242 g/mol. The fourth-order valence-electron chi connectivity index (χ4n) is 2.01. The van der Waals surface area contributed by atoms with E-state index >= 15 is 0 Å². The highest BCUT2D eigenvalue weighted by molar-refractivity contribution is 5.93. The zero-order valence-electron chi connectivity index (χ0n) is 12.5. The van der Waals surface area contributed by atoms with Gasteiger partial charge in [0.2, 0.25) is 0 Å². The Balaban J connectivity index is 3.03. The molecule has 0 aliphatic rings. The first-order valence-corrected chi connectivity index (χ1v) is 6.84. The van der Waals surface area contributed by atoms with E-state index in [4.69, 9.17) is 0 Å². The van der Waals surface area contributed by atoms with Gasteiger partial charge in [-0.05, 0) is 39.7 Å². The van der Waals surface area contributed by atoms with Crippen molar-refractivity contribution in [3.63, 3.8) is 0 Å². The van der Waals surface area contributed by atoms with Crippen molar-refractivity contribution in [2.45, 2.75) is 59.0 Å². The number of aliphatic hydroxyl groups excluding tert-OH is 1. The van der Waals surface area contributed by atoms with E-state index in [0.29, 0.717) is 5.69 Å². The minimum atomic E-state index is -0.631. The lowest BCUT2D eigenvalue weighted by Crippen LogP contribution is -2.47. The van der Waals surface area contributed by atoms with Crippen LogP contribution in [-0.4, -0.2) is 32.9 Å². The minimum absolute atomic E-state index is 0.100. The second-order valence-corrected chi connectivity index (χ2v) is 5.58. The Morgan fingerprint density at radius 2 is 2.05 bits per heavy atom. The molecular formula is C14H25N3O2. The standard InChI is InChI=1S/C14H25N3O2/c1-6-11(7-2)17-12(8-10(3)16-17)13(19)15-14(4,5)9-18/h8,11,18H,6-7,9H2,1-5H3,(H,15,19). The van der Waals surface area contributed by atoms with Crippen LogP contribution in [0.5, 0.6) is 0 Å². The summed E-state index contributed by atoms with van der Waals surface area (Å²) in [6.45, 7) is 9.53. The second kappa shape index (κ2) is 6.19. The van der Waals surface area contributed by atoms with Gasteiger partial charge >= 0.3 is 0 Å². The first-order chi connectivity index (χ1) is 8.84. The Hall–Kier alpha value is -1.36. The van der Waals surface area contributed by atoms with E-state index in [0.717, 1.165) is 18.5 Å². The van der Waals surface area contributed by atoms with Gasteiger partial charge in [0.1, 0.15) is 5.69 Å². The van der Waals surface area contributed by atoms with Gasteiger partial charge in [-0.1, -0.05) is 13.8 Å². The molecule has 0 spiro atoms. The van der Waals surface area contributed by atoms with E-state index in [9.17, 15) is 9.90 Å². The van der Waals surface area contributed by atoms with Crippen molar-refractivity contribution < 1.29 is 9.90 Å². The maximum absolute atomic E-state index is 12.3. The predicted octanol–water partition coefficient (Wildman–Crippen LogP) is 2.05. The van der Waals surface area contributed by atoms with Crippen LogP contribution in [0.2, 0.25) is 0 Å². The van der Waals surface area contributed by atoms with Gasteiger partial charge in [-0.2, -0.15) is 5.10 Å². The molecule has 1 aromatic rings. The lowest BCUT2D eigenvalue weighted by atomic mass is 10.1. The molecule has 0 aliphatic carbocycles. The Bertz CT molecular complexity index is 434. The van der Waals surface area contributed by atoms with Crippen LogP contribution < -0.4 is 5.32 Å². The number of aryl methyl sites for hydroxylation is 1. The summed E-state index contributed by atoms with van der Waals surface area (Å²) in [6.07, 6.45) is 1.86. The molecule has 19 heavy (non-hydrogen) atoms. The average Bonchev–Trinajstić information content (AvgIpc) is 2.73. The molecule has 0 radical (unpaired) electrons. The van der Waals surface area contributed by atoms with Gasteiger partial charge in [0.15, 0.2) is 0 Å². The summed E-state index contributed by atoms with van der Waals surface area (Å²) in [5.41, 5.74) is 0.764. The minimum Gasteiger partial charge on any atom is -0.394 e. The van der Waals surface area contributed by atoms with Crippen LogP contribution in [0.1, 0.15) is 62.8 Å². The molecule has 0 aliphatic heterocycles. The zero-order valence-corrected chi connectivity index (χ0v) is 12.5. The molecule has 2 N–H and O–H groups in total. The van der Waals surface area contributed by atoms with E-state index in [1.165, 1.54) is 0 Å². The highest BCUT2D eigenvalue weighted by atomic mass is 16.3. The summed E-state index contributed by atoms with van der Waals surface area (Å²) in [7, 11) is 0. The molecule has 0 bridgehead atoms. The molecule has 5 nitrogen and oxygen atoms in total. The van der Waals surface area contributed by atoms with Crippen LogP contribution >= 0.6 is 0 Å². The third kappa shape index (κ3) is 3.80. The van der Waals surface area contributed by atoms with Gasteiger partial charge in [0.05, 0.1) is 23.9 Å². The molecule has 0 saturated carbocycles. The Kier molecular flexibility index (Phi) is 5.11. The van der Waals surface area contributed by atoms with Crippen molar-refractivity contribution in [2.24, 2.45) is 0 Å². The molecule has 0 saturated heterocycles. The maximum Gasteiger partial charge on any atom is 0.270 e. The summed E-state index contributed by atoms with van der Waals surface area (Å²) in [6, 6.07) is 2.02. The number of aliphatic hydroxyl groups is 1. The third-order valence-corrected chi connectivity index (χ3v) is 3.23. The normalized spacial score (nSPS) is 11.9. The van der Waals surface area contributed by atoms with Crippen LogP contribution in [0, 0.1) is 6.92 Å². The lowest BCUT2D eigenvalue weighted by Gasteiger charge is -2.24. The highest BCUT2D eigenvalue weighted by Crippen LogP contribution is 2.19. The monoisotopic (exact) mass is 267 g/mol. The number of hydrogen-bond donors (Lipinski definition) is 2. The van der Waals surface area contributed by atoms with E-state index in [1.807, 2.05) is 6.92 Å². The fourth-order valence-corrected chi connectivity index (χ4v) is 2.01. The lowest BCUT2D eigenvalue weighted by molar-refractivity contribution is 0.0855. The number of carbonyl (C=O) groups is 1. The Labute approximate surface area is 115 Å². The summed E-state index contributed by atoms with van der Waals surface area (Å²) >= 11 is 0. The molecule has 5 heteroatoms. The summed E-state index contributed by atoms with van der Waals surface area (Å²) < 4.78 is 1.80. The molecule has 1 rings (SSSR count). The predicted molar refractivity (Wildman–Crippen MR) is 75.2 cm³/mol. The summed E-state index contributed by atoms with van der Waals surface area (Å²) in [4.78, 5) is 12.3. The Morgan fingerprint density at radius 3 is 2.53 bits per heavy atom. The first kappa shape index (κ1) is 15.7. The van der Waals surface area contributed by atoms with Crippen molar-refractivity contribution in [1.29, 1.82) is 0 Å². The van der Waals surface area contributed by atoms with E-state index in [2.05, 4.69) is 24.3 Å². The van der Waals surface area contributed by atoms with Crippen LogP contribution in [-0.2, 0) is 0 Å². The average molecular weight is 267 g/mol. The number of rotatable bonds is 6. The second-order valence-electron chi connectivity index (χ2n) is 5.58. The van der Waals surface area contributed by atoms with Gasteiger partial charge in [-0.3, -0.25) is 9.48 Å². The van der Waals surface area contributed by atoms with Crippen molar-refractivity contribution in [2.75, 3.05) is 6.61 Å². The van der Waals surface area contributed by atoms with Crippen molar-refractivity contribution >= 4 is 5.91 Å². The summed E-state index contributed by atoms with van der Waals surface area (Å²) in [5.74, 6) is -0.188. The topological polar surface area (TPSA) is 67.2 Å². The number of hydrogen-bond acceptors (Lipinski definition) is 3. The van der Waals surface area contributed by atoms with Gasteiger partial charge < -0.3 is 10.4 Å². The SMILES string of the molecule is CCC(CC)n1nc(C)cc1C(=O)NC(C)(C)CO. The summed E-state index contributed by atoms with van der Waals surface area (Å²) in [5, 5.41) is 16.5. The number of nitrogens with zero attached hydrogens (tertiary/aromatic N) is 2. The van der Waals surface area contributed by atoms with Crippen LogP contribution in [0.4, 0.5) is 0 Å². The first-order valence-electron chi connectivity index (χ1n) is 6.84. The molecule has 0 unspecified atom stereocenters. The highest BCUT2D eigenvalue weighted by Gasteiger charge is 2.24. The van der Waals surface area contributed by atoms with E-state index in [-0.39, 0.29) is 18.6 Å². The Morgan fingerprint density at radius 1 is 1.47 bits per heavy atom. The molecule has 1 heterocycles. The quantitative estimate of drug-likeness (QED) is 0.829. The molecule has 1 aromatic heterocycles. The van der Waals surface area contributed by atoms with Crippen LogP contribution in [0.3, 0.4) is 0 Å². The smallest absolute Gasteiger partial charge is 0.270 e. The fraction of sp³-hybridized carbons (Fsp3) is 0.714.